The Kier molecular flexibility index (Phi) is 5.87. The Labute approximate surface area is 99.5 Å². The molecule has 0 aliphatic carbocycles. The van der Waals surface area contributed by atoms with Crippen LogP contribution in [0.5, 0.6) is 0 Å². The highest BCUT2D eigenvalue weighted by Gasteiger charge is 2.28. The van der Waals surface area contributed by atoms with Crippen LogP contribution in [0.3, 0.4) is 0 Å². The van der Waals surface area contributed by atoms with Crippen LogP contribution in [0.25, 0.3) is 0 Å². The van der Waals surface area contributed by atoms with E-state index in [1.807, 2.05) is 0 Å². The molecule has 0 aromatic heterocycles. The Hall–Kier alpha value is -1.92. The fourth-order valence-electron chi connectivity index (χ4n) is 1.13. The molecule has 17 heavy (non-hydrogen) atoms. The van der Waals surface area contributed by atoms with Crippen molar-refractivity contribution in [1.29, 1.82) is 5.41 Å². The van der Waals surface area contributed by atoms with Crippen molar-refractivity contribution in [3.05, 3.63) is 21.5 Å². The SMILES string of the molecule is CCOC(=O)/C(NC(C)C)=C(/C(C)=N)[N+](=O)[O-]. The molecule has 2 N–H and O–H groups in total. The van der Waals surface area contributed by atoms with Crippen LogP contribution in [0, 0.1) is 15.5 Å². The van der Waals surface area contributed by atoms with Gasteiger partial charge in [-0.2, -0.15) is 0 Å². The van der Waals surface area contributed by atoms with Gasteiger partial charge in [0.1, 0.15) is 5.71 Å². The largest absolute Gasteiger partial charge is 0.461 e. The Balaban J connectivity index is 5.51. The molecule has 0 bridgehead atoms. The summed E-state index contributed by atoms with van der Waals surface area (Å²) in [5.74, 6) is -0.820. The van der Waals surface area contributed by atoms with Gasteiger partial charge in [-0.15, -0.1) is 0 Å². The van der Waals surface area contributed by atoms with Gasteiger partial charge < -0.3 is 10.1 Å². The average Bonchev–Trinajstić information content (AvgIpc) is 2.15. The standard InChI is InChI=1S/C10H17N3O4/c1-5-17-10(14)8(12-6(2)3)9(7(4)11)13(15)16/h6,11-12H,5H2,1-4H3/b9-8+,11-7?. The first kappa shape index (κ1) is 15.1. The van der Waals surface area contributed by atoms with Crippen LogP contribution in [-0.4, -0.2) is 29.3 Å². The van der Waals surface area contributed by atoms with E-state index in [4.69, 9.17) is 10.1 Å². The van der Waals surface area contributed by atoms with Crippen LogP contribution >= 0.6 is 0 Å². The van der Waals surface area contributed by atoms with E-state index in [1.165, 1.54) is 6.92 Å². The summed E-state index contributed by atoms with van der Waals surface area (Å²) in [6.07, 6.45) is 0. The van der Waals surface area contributed by atoms with Gasteiger partial charge in [-0.3, -0.25) is 15.5 Å². The highest BCUT2D eigenvalue weighted by atomic mass is 16.6. The number of nitrogens with one attached hydrogen (secondary N) is 2. The first-order valence-corrected chi connectivity index (χ1v) is 5.19. The van der Waals surface area contributed by atoms with Gasteiger partial charge in [-0.25, -0.2) is 4.79 Å². The van der Waals surface area contributed by atoms with E-state index in [9.17, 15) is 14.9 Å². The summed E-state index contributed by atoms with van der Waals surface area (Å²) in [7, 11) is 0. The first-order valence-electron chi connectivity index (χ1n) is 5.19. The zero-order chi connectivity index (χ0) is 13.6. The summed E-state index contributed by atoms with van der Waals surface area (Å²) in [6.45, 7) is 6.43. The molecular formula is C10H17N3O4. The quantitative estimate of drug-likeness (QED) is 0.239. The van der Waals surface area contributed by atoms with Gasteiger partial charge in [0.25, 0.3) is 0 Å². The average molecular weight is 243 g/mol. The summed E-state index contributed by atoms with van der Waals surface area (Å²) in [6, 6.07) is -0.177. The lowest BCUT2D eigenvalue weighted by atomic mass is 10.2. The van der Waals surface area contributed by atoms with E-state index in [2.05, 4.69) is 5.32 Å². The third-order valence-corrected chi connectivity index (χ3v) is 1.69. The van der Waals surface area contributed by atoms with Crippen molar-refractivity contribution in [3.63, 3.8) is 0 Å². The molecular weight excluding hydrogens is 226 g/mol. The van der Waals surface area contributed by atoms with E-state index in [0.29, 0.717) is 0 Å². The van der Waals surface area contributed by atoms with Crippen molar-refractivity contribution in [2.75, 3.05) is 6.61 Å². The van der Waals surface area contributed by atoms with Crippen molar-refractivity contribution in [2.24, 2.45) is 0 Å². The summed E-state index contributed by atoms with van der Waals surface area (Å²) in [4.78, 5) is 21.7. The molecule has 0 aromatic carbocycles. The molecule has 0 atom stereocenters. The number of rotatable bonds is 6. The number of ether oxygens (including phenoxy) is 1. The lowest BCUT2D eigenvalue weighted by Gasteiger charge is -2.13. The number of hydrogen-bond donors (Lipinski definition) is 2. The number of allylic oxidation sites excluding steroid dienone is 1. The van der Waals surface area contributed by atoms with Gasteiger partial charge in [0.2, 0.25) is 5.70 Å². The van der Waals surface area contributed by atoms with Crippen LogP contribution in [0.4, 0.5) is 0 Å². The molecule has 0 aromatic rings. The van der Waals surface area contributed by atoms with Crippen LogP contribution in [0.15, 0.2) is 11.4 Å². The van der Waals surface area contributed by atoms with Crippen LogP contribution < -0.4 is 5.32 Å². The molecule has 7 nitrogen and oxygen atoms in total. The second-order valence-electron chi connectivity index (χ2n) is 3.63. The molecule has 0 heterocycles. The molecule has 0 radical (unpaired) electrons. The van der Waals surface area contributed by atoms with Crippen molar-refractivity contribution in [2.45, 2.75) is 33.7 Å². The number of carbonyl (C=O) groups is 1. The maximum absolute atomic E-state index is 11.6. The van der Waals surface area contributed by atoms with Gasteiger partial charge in [-0.05, 0) is 27.7 Å². The number of carbonyl (C=O) groups excluding carboxylic acids is 1. The zero-order valence-electron chi connectivity index (χ0n) is 10.4. The second-order valence-corrected chi connectivity index (χ2v) is 3.63. The Morgan fingerprint density at radius 3 is 2.35 bits per heavy atom. The molecule has 0 unspecified atom stereocenters. The normalized spacial score (nSPS) is 11.8. The predicted molar refractivity (Wildman–Crippen MR) is 62.3 cm³/mol. The fourth-order valence-corrected chi connectivity index (χ4v) is 1.13. The molecule has 0 fully saturated rings. The van der Waals surface area contributed by atoms with E-state index in [-0.39, 0.29) is 24.1 Å². The highest BCUT2D eigenvalue weighted by Crippen LogP contribution is 2.08. The third kappa shape index (κ3) is 4.62. The van der Waals surface area contributed by atoms with Gasteiger partial charge in [-0.1, -0.05) is 0 Å². The minimum absolute atomic E-state index is 0.115. The zero-order valence-corrected chi connectivity index (χ0v) is 10.4. The van der Waals surface area contributed by atoms with Gasteiger partial charge in [0.15, 0.2) is 0 Å². The van der Waals surface area contributed by atoms with Crippen molar-refractivity contribution in [3.8, 4) is 0 Å². The monoisotopic (exact) mass is 243 g/mol. The van der Waals surface area contributed by atoms with E-state index in [0.717, 1.165) is 0 Å². The van der Waals surface area contributed by atoms with Gasteiger partial charge >= 0.3 is 11.7 Å². The van der Waals surface area contributed by atoms with Crippen molar-refractivity contribution < 1.29 is 14.5 Å². The number of hydrogen-bond acceptors (Lipinski definition) is 6. The summed E-state index contributed by atoms with van der Waals surface area (Å²) >= 11 is 0. The van der Waals surface area contributed by atoms with Gasteiger partial charge in [0, 0.05) is 6.04 Å². The summed E-state index contributed by atoms with van der Waals surface area (Å²) in [5.41, 5.74) is -1.14. The van der Waals surface area contributed by atoms with Crippen molar-refractivity contribution in [1.82, 2.24) is 5.32 Å². The molecule has 0 amide bonds. The van der Waals surface area contributed by atoms with E-state index < -0.39 is 16.6 Å². The van der Waals surface area contributed by atoms with Crippen LogP contribution in [0.1, 0.15) is 27.7 Å². The van der Waals surface area contributed by atoms with Crippen LogP contribution in [-0.2, 0) is 9.53 Å². The van der Waals surface area contributed by atoms with Crippen LogP contribution in [0.2, 0.25) is 0 Å². The van der Waals surface area contributed by atoms with E-state index in [1.54, 1.807) is 20.8 Å². The van der Waals surface area contributed by atoms with Gasteiger partial charge in [0.05, 0.1) is 11.5 Å². The lowest BCUT2D eigenvalue weighted by Crippen LogP contribution is -2.32. The number of esters is 1. The maximum Gasteiger partial charge on any atom is 0.361 e. The predicted octanol–water partition coefficient (Wildman–Crippen LogP) is 1.08. The smallest absolute Gasteiger partial charge is 0.361 e. The molecule has 0 aliphatic heterocycles. The summed E-state index contributed by atoms with van der Waals surface area (Å²) in [5, 5.41) is 20.8. The molecule has 0 saturated heterocycles. The second kappa shape index (κ2) is 6.62. The number of nitro groups is 1. The Morgan fingerprint density at radius 2 is 2.06 bits per heavy atom. The first-order chi connectivity index (χ1) is 7.81. The maximum atomic E-state index is 11.6. The molecule has 0 rings (SSSR count). The molecule has 0 aliphatic rings. The fraction of sp³-hybridized carbons (Fsp3) is 0.600. The molecule has 0 spiro atoms. The number of nitrogens with zero attached hydrogens (tertiary/aromatic N) is 1. The molecule has 96 valence electrons. The third-order valence-electron chi connectivity index (χ3n) is 1.69. The minimum atomic E-state index is -0.820. The topological polar surface area (TPSA) is 105 Å². The summed E-state index contributed by atoms with van der Waals surface area (Å²) < 4.78 is 4.73. The Bertz CT molecular complexity index is 345. The Morgan fingerprint density at radius 1 is 1.53 bits per heavy atom. The highest BCUT2D eigenvalue weighted by molar-refractivity contribution is 6.01. The van der Waals surface area contributed by atoms with E-state index >= 15 is 0 Å². The molecule has 7 heteroatoms. The minimum Gasteiger partial charge on any atom is -0.461 e. The van der Waals surface area contributed by atoms with Crippen molar-refractivity contribution >= 4 is 11.7 Å². The molecule has 0 saturated carbocycles. The lowest BCUT2D eigenvalue weighted by molar-refractivity contribution is -0.416.